The highest BCUT2D eigenvalue weighted by Gasteiger charge is 2.36. The van der Waals surface area contributed by atoms with Gasteiger partial charge in [0.15, 0.2) is 5.82 Å². The molecule has 0 unspecified atom stereocenters. The van der Waals surface area contributed by atoms with Gasteiger partial charge >= 0.3 is 6.18 Å². The Morgan fingerprint density at radius 1 is 1.21 bits per heavy atom. The monoisotopic (exact) mass is 413 g/mol. The molecular formula is C18H19ClF3N5O. The van der Waals surface area contributed by atoms with Crippen molar-refractivity contribution < 1.29 is 17.7 Å². The van der Waals surface area contributed by atoms with E-state index in [2.05, 4.69) is 15.2 Å². The molecule has 0 radical (unpaired) electrons. The van der Waals surface area contributed by atoms with Crippen LogP contribution in [-0.4, -0.2) is 19.9 Å². The third-order valence-electron chi connectivity index (χ3n) is 5.03. The van der Waals surface area contributed by atoms with Gasteiger partial charge in [0.25, 0.3) is 5.89 Å². The third-order valence-corrected chi connectivity index (χ3v) is 5.03. The summed E-state index contributed by atoms with van der Waals surface area (Å²) >= 11 is 0. The van der Waals surface area contributed by atoms with Crippen LogP contribution in [0.1, 0.15) is 42.8 Å². The minimum absolute atomic E-state index is 0. The van der Waals surface area contributed by atoms with E-state index in [9.17, 15) is 13.2 Å². The Bertz CT molecular complexity index is 976. The van der Waals surface area contributed by atoms with E-state index in [1.807, 2.05) is 0 Å². The van der Waals surface area contributed by atoms with E-state index in [1.165, 1.54) is 16.9 Å². The molecule has 3 aromatic rings. The van der Waals surface area contributed by atoms with Gasteiger partial charge in [-0.25, -0.2) is 4.68 Å². The van der Waals surface area contributed by atoms with Gasteiger partial charge in [0.05, 0.1) is 34.2 Å². The van der Waals surface area contributed by atoms with E-state index in [0.29, 0.717) is 22.8 Å². The Hall–Kier alpha value is -2.39. The molecule has 6 nitrogen and oxygen atoms in total. The summed E-state index contributed by atoms with van der Waals surface area (Å²) in [6.07, 6.45) is 0.728. The summed E-state index contributed by atoms with van der Waals surface area (Å²) in [6.45, 7) is 1.74. The predicted molar refractivity (Wildman–Crippen MR) is 98.2 cm³/mol. The van der Waals surface area contributed by atoms with Crippen molar-refractivity contribution >= 4 is 12.4 Å². The molecule has 0 atom stereocenters. The van der Waals surface area contributed by atoms with Gasteiger partial charge in [0.2, 0.25) is 0 Å². The van der Waals surface area contributed by atoms with Crippen molar-refractivity contribution in [2.45, 2.75) is 44.3 Å². The number of hydrogen-bond donors (Lipinski definition) is 1. The highest BCUT2D eigenvalue weighted by Crippen LogP contribution is 2.36. The molecule has 1 fully saturated rings. The molecular weight excluding hydrogens is 395 g/mol. The van der Waals surface area contributed by atoms with Gasteiger partial charge in [0.1, 0.15) is 0 Å². The van der Waals surface area contributed by atoms with E-state index in [0.717, 1.165) is 37.8 Å². The van der Waals surface area contributed by atoms with Crippen LogP contribution < -0.4 is 5.73 Å². The quantitative estimate of drug-likeness (QED) is 0.688. The molecule has 0 bridgehead atoms. The van der Waals surface area contributed by atoms with Crippen LogP contribution in [-0.2, 0) is 11.7 Å². The maximum absolute atomic E-state index is 13.0. The van der Waals surface area contributed by atoms with Gasteiger partial charge in [-0.05, 0) is 38.0 Å². The predicted octanol–water partition coefficient (Wildman–Crippen LogP) is 4.40. The molecule has 10 heteroatoms. The molecule has 1 aliphatic carbocycles. The minimum atomic E-state index is -4.42. The van der Waals surface area contributed by atoms with Crippen molar-refractivity contribution in [1.29, 1.82) is 0 Å². The Morgan fingerprint density at radius 3 is 2.61 bits per heavy atom. The van der Waals surface area contributed by atoms with Crippen LogP contribution in [0.3, 0.4) is 0 Å². The first kappa shape index (κ1) is 20.3. The standard InChI is InChI=1S/C18H18F3N5O.ClH/c1-11-14(15-24-16(25-27-15)17(22)7-2-3-8-17)10-23-26(11)13-6-4-5-12(9-13)18(19,20)21;/h4-6,9-10H,2-3,7-8,22H2,1H3;1H. The van der Waals surface area contributed by atoms with E-state index < -0.39 is 17.3 Å². The molecule has 28 heavy (non-hydrogen) atoms. The molecule has 1 aliphatic rings. The highest BCUT2D eigenvalue weighted by molar-refractivity contribution is 5.85. The van der Waals surface area contributed by atoms with Gasteiger partial charge < -0.3 is 10.3 Å². The summed E-state index contributed by atoms with van der Waals surface area (Å²) in [6, 6.07) is 4.99. The number of nitrogens with zero attached hydrogens (tertiary/aromatic N) is 4. The first-order valence-corrected chi connectivity index (χ1v) is 8.64. The summed E-state index contributed by atoms with van der Waals surface area (Å²) in [7, 11) is 0. The van der Waals surface area contributed by atoms with Crippen molar-refractivity contribution in [3.05, 3.63) is 47.5 Å². The molecule has 2 heterocycles. The van der Waals surface area contributed by atoms with Crippen LogP contribution in [0.5, 0.6) is 0 Å². The number of alkyl halides is 3. The SMILES string of the molecule is Cc1c(-c2nc(C3(N)CCCC3)no2)cnn1-c1cccc(C(F)(F)F)c1.Cl. The van der Waals surface area contributed by atoms with Crippen LogP contribution in [0.15, 0.2) is 35.0 Å². The van der Waals surface area contributed by atoms with Crippen LogP contribution in [0.4, 0.5) is 13.2 Å². The zero-order chi connectivity index (χ0) is 19.2. The first-order valence-electron chi connectivity index (χ1n) is 8.64. The number of nitrogens with two attached hydrogens (primary N) is 1. The second-order valence-corrected chi connectivity index (χ2v) is 6.89. The van der Waals surface area contributed by atoms with Crippen molar-refractivity contribution in [2.24, 2.45) is 5.73 Å². The largest absolute Gasteiger partial charge is 0.416 e. The smallest absolute Gasteiger partial charge is 0.334 e. The van der Waals surface area contributed by atoms with Crippen LogP contribution in [0.2, 0.25) is 0 Å². The molecule has 1 aromatic carbocycles. The molecule has 0 amide bonds. The molecule has 2 aromatic heterocycles. The van der Waals surface area contributed by atoms with Gasteiger partial charge in [-0.3, -0.25) is 0 Å². The summed E-state index contributed by atoms with van der Waals surface area (Å²) < 4.78 is 45.7. The van der Waals surface area contributed by atoms with Gasteiger partial charge in [-0.2, -0.15) is 23.3 Å². The van der Waals surface area contributed by atoms with Crippen LogP contribution in [0.25, 0.3) is 17.1 Å². The Morgan fingerprint density at radius 2 is 1.93 bits per heavy atom. The van der Waals surface area contributed by atoms with E-state index in [4.69, 9.17) is 10.3 Å². The Balaban J connectivity index is 0.00000225. The molecule has 2 N–H and O–H groups in total. The van der Waals surface area contributed by atoms with E-state index in [1.54, 1.807) is 13.0 Å². The maximum atomic E-state index is 13.0. The number of benzene rings is 1. The summed E-state index contributed by atoms with van der Waals surface area (Å²) in [5, 5.41) is 8.22. The van der Waals surface area contributed by atoms with Crippen molar-refractivity contribution in [2.75, 3.05) is 0 Å². The van der Waals surface area contributed by atoms with Gasteiger partial charge in [0, 0.05) is 0 Å². The molecule has 0 saturated heterocycles. The summed E-state index contributed by atoms with van der Waals surface area (Å²) in [4.78, 5) is 4.42. The zero-order valence-electron chi connectivity index (χ0n) is 15.0. The number of halogens is 4. The maximum Gasteiger partial charge on any atom is 0.416 e. The molecule has 0 spiro atoms. The fourth-order valence-corrected chi connectivity index (χ4v) is 3.46. The van der Waals surface area contributed by atoms with Crippen molar-refractivity contribution in [3.8, 4) is 17.1 Å². The normalized spacial score (nSPS) is 16.2. The lowest BCUT2D eigenvalue weighted by atomic mass is 9.99. The highest BCUT2D eigenvalue weighted by atomic mass is 35.5. The van der Waals surface area contributed by atoms with Gasteiger partial charge in [-0.1, -0.05) is 24.1 Å². The lowest BCUT2D eigenvalue weighted by Gasteiger charge is -2.17. The zero-order valence-corrected chi connectivity index (χ0v) is 15.8. The van der Waals surface area contributed by atoms with Crippen molar-refractivity contribution in [1.82, 2.24) is 19.9 Å². The molecule has 0 aliphatic heterocycles. The Labute approximate surface area is 165 Å². The number of hydrogen-bond acceptors (Lipinski definition) is 5. The van der Waals surface area contributed by atoms with Crippen LogP contribution >= 0.6 is 12.4 Å². The molecule has 1 saturated carbocycles. The third kappa shape index (κ3) is 3.51. The van der Waals surface area contributed by atoms with Gasteiger partial charge in [-0.15, -0.1) is 12.4 Å². The minimum Gasteiger partial charge on any atom is -0.334 e. The summed E-state index contributed by atoms with van der Waals surface area (Å²) in [5.74, 6) is 0.721. The van der Waals surface area contributed by atoms with E-state index in [-0.39, 0.29) is 18.3 Å². The second-order valence-electron chi connectivity index (χ2n) is 6.89. The summed E-state index contributed by atoms with van der Waals surface area (Å²) in [5.41, 5.74) is 6.51. The van der Waals surface area contributed by atoms with Crippen molar-refractivity contribution in [3.63, 3.8) is 0 Å². The number of aromatic nitrogens is 4. The fraction of sp³-hybridized carbons (Fsp3) is 0.389. The second kappa shape index (κ2) is 7.21. The first-order chi connectivity index (χ1) is 12.8. The molecule has 150 valence electrons. The number of rotatable bonds is 3. The molecule has 4 rings (SSSR count). The lowest BCUT2D eigenvalue weighted by molar-refractivity contribution is -0.137. The van der Waals surface area contributed by atoms with E-state index >= 15 is 0 Å². The van der Waals surface area contributed by atoms with Crippen LogP contribution in [0, 0.1) is 6.92 Å². The lowest BCUT2D eigenvalue weighted by Crippen LogP contribution is -2.34. The average molecular weight is 414 g/mol. The Kier molecular flexibility index (Phi) is 5.24. The topological polar surface area (TPSA) is 82.8 Å². The average Bonchev–Trinajstić information content (AvgIpc) is 3.34. The fourth-order valence-electron chi connectivity index (χ4n) is 3.46.